The largest absolute Gasteiger partial charge is 0.629 e. The fourth-order valence-electron chi connectivity index (χ4n) is 4.28. The molecule has 3 N–H and O–H groups in total. The molecule has 0 aliphatic carbocycles. The molecule has 3 rings (SSSR count). The molecule has 0 aliphatic rings. The third kappa shape index (κ3) is 12.3. The zero-order valence-corrected chi connectivity index (χ0v) is 27.7. The average molecular weight is 665 g/mol. The van der Waals surface area contributed by atoms with E-state index in [9.17, 15) is 29.2 Å². The molecule has 2 amide bonds. The van der Waals surface area contributed by atoms with Crippen LogP contribution < -0.4 is 15.5 Å². The summed E-state index contributed by atoms with van der Waals surface area (Å²) in [5.74, 6) is -3.36. The summed E-state index contributed by atoms with van der Waals surface area (Å²) in [6.07, 6.45) is -2.19. The second-order valence-corrected chi connectivity index (χ2v) is 12.8. The molecule has 0 heterocycles. The second kappa shape index (κ2) is 18.5. The van der Waals surface area contributed by atoms with Gasteiger partial charge in [-0.05, 0) is 35.6 Å². The Balaban J connectivity index is 1.75. The van der Waals surface area contributed by atoms with Gasteiger partial charge in [-0.25, -0.2) is 9.59 Å². The molecule has 0 aliphatic heterocycles. The van der Waals surface area contributed by atoms with Gasteiger partial charge in [0.25, 0.3) is 0 Å². The summed E-state index contributed by atoms with van der Waals surface area (Å²) in [4.78, 5) is 63.7. The third-order valence-corrected chi connectivity index (χ3v) is 8.47. The van der Waals surface area contributed by atoms with E-state index in [4.69, 9.17) is 14.2 Å². The number of rotatable bonds is 15. The standard InChI is InChI=1S/C35H41N2O9P/c1-23(2)33(40)45-25(4)46-35(42)37-31(20-38)47(43)22-30(19-26-15-17-29(18-16-26)28-13-9-6-10-14-28)32(39)36-24(3)34(41)44-21-27-11-7-5-8-12-27/h5-18,22-25,30-31,38H,19-21H2,1-4H3,(H,36,39)(H,37,42). The van der Waals surface area contributed by atoms with Crippen molar-refractivity contribution in [1.82, 2.24) is 10.6 Å². The average Bonchev–Trinajstić information content (AvgIpc) is 3.06. The predicted molar refractivity (Wildman–Crippen MR) is 177 cm³/mol. The molecule has 3 aromatic carbocycles. The van der Waals surface area contributed by atoms with Gasteiger partial charge in [-0.2, -0.15) is 0 Å². The van der Waals surface area contributed by atoms with Crippen molar-refractivity contribution >= 4 is 37.5 Å². The molecule has 0 spiro atoms. The lowest BCUT2D eigenvalue weighted by atomic mass is 9.97. The minimum absolute atomic E-state index is 0.0320. The second-order valence-electron chi connectivity index (χ2n) is 11.1. The van der Waals surface area contributed by atoms with E-state index in [1.54, 1.807) is 26.0 Å². The molecule has 3 aromatic rings. The molecule has 11 nitrogen and oxygen atoms in total. The molecule has 12 heteroatoms. The fraction of sp³-hybridized carbons (Fsp3) is 0.343. The highest BCUT2D eigenvalue weighted by atomic mass is 31.1. The monoisotopic (exact) mass is 664 g/mol. The summed E-state index contributed by atoms with van der Waals surface area (Å²) in [6.45, 7) is 5.37. The van der Waals surface area contributed by atoms with E-state index < -0.39 is 68.3 Å². The molecule has 0 fully saturated rings. The van der Waals surface area contributed by atoms with Crippen LogP contribution in [0.4, 0.5) is 4.79 Å². The minimum Gasteiger partial charge on any atom is -0.629 e. The van der Waals surface area contributed by atoms with Crippen LogP contribution in [0.5, 0.6) is 0 Å². The first-order valence-corrected chi connectivity index (χ1v) is 16.6. The van der Waals surface area contributed by atoms with Gasteiger partial charge >= 0.3 is 18.0 Å². The van der Waals surface area contributed by atoms with Crippen LogP contribution in [0.2, 0.25) is 0 Å². The van der Waals surface area contributed by atoms with E-state index >= 15 is 0 Å². The van der Waals surface area contributed by atoms with Gasteiger partial charge in [0.1, 0.15) is 19.3 Å². The third-order valence-electron chi connectivity index (χ3n) is 6.91. The predicted octanol–water partition coefficient (Wildman–Crippen LogP) is 3.91. The Kier molecular flexibility index (Phi) is 14.6. The van der Waals surface area contributed by atoms with Gasteiger partial charge in [0.2, 0.25) is 18.0 Å². The number of amides is 2. The van der Waals surface area contributed by atoms with Crippen molar-refractivity contribution in [3.8, 4) is 11.1 Å². The molecule has 47 heavy (non-hydrogen) atoms. The van der Waals surface area contributed by atoms with Gasteiger partial charge in [0.05, 0.1) is 25.4 Å². The highest BCUT2D eigenvalue weighted by Gasteiger charge is 2.28. The summed E-state index contributed by atoms with van der Waals surface area (Å²) >= 11 is 0. The summed E-state index contributed by atoms with van der Waals surface area (Å²) in [7, 11) is -2.54. The lowest BCUT2D eigenvalue weighted by Crippen LogP contribution is -2.44. The van der Waals surface area contributed by atoms with Crippen molar-refractivity contribution in [1.29, 1.82) is 0 Å². The SMILES string of the molecule is CC(OC(=O)NC(CO)/[P+]([O-])=C/C(Cc1ccc(-c2ccccc2)cc1)C(=O)NC(C)C(=O)OCc1ccccc1)OC(=O)C(C)C. The number of alkyl carbamates (subject to hydrolysis) is 1. The van der Waals surface area contributed by atoms with Crippen molar-refractivity contribution in [2.24, 2.45) is 11.8 Å². The summed E-state index contributed by atoms with van der Waals surface area (Å²) < 4.78 is 15.4. The normalized spacial score (nSPS) is 13.9. The Labute approximate surface area is 275 Å². The lowest BCUT2D eigenvalue weighted by Gasteiger charge is -2.20. The van der Waals surface area contributed by atoms with Crippen LogP contribution in [-0.2, 0) is 41.6 Å². The zero-order valence-electron chi connectivity index (χ0n) is 26.8. The number of aliphatic hydroxyl groups is 1. The topological polar surface area (TPSA) is 163 Å². The van der Waals surface area contributed by atoms with Crippen molar-refractivity contribution in [3.63, 3.8) is 0 Å². The summed E-state index contributed by atoms with van der Waals surface area (Å²) in [5, 5.41) is 14.9. The van der Waals surface area contributed by atoms with E-state index in [0.717, 1.165) is 22.3 Å². The van der Waals surface area contributed by atoms with Gasteiger partial charge in [-0.1, -0.05) is 98.8 Å². The number of carbonyl (C=O) groups is 4. The maximum absolute atomic E-state index is 13.5. The molecule has 0 saturated carbocycles. The molecule has 0 bridgehead atoms. The Morgan fingerprint density at radius 2 is 1.38 bits per heavy atom. The number of ether oxygens (including phenoxy) is 3. The van der Waals surface area contributed by atoms with Crippen LogP contribution >= 0.6 is 7.77 Å². The van der Waals surface area contributed by atoms with Gasteiger partial charge < -0.3 is 29.5 Å². The maximum atomic E-state index is 13.5. The summed E-state index contributed by atoms with van der Waals surface area (Å²) in [5.41, 5.74) is 3.52. The number of nitrogens with one attached hydrogen (secondary N) is 2. The molecule has 0 saturated heterocycles. The maximum Gasteiger partial charge on any atom is 0.413 e. The van der Waals surface area contributed by atoms with Crippen LogP contribution in [0.1, 0.15) is 38.8 Å². The number of aliphatic hydroxyl groups excluding tert-OH is 1. The van der Waals surface area contributed by atoms with Crippen LogP contribution in [-0.4, -0.2) is 59.6 Å². The summed E-state index contributed by atoms with van der Waals surface area (Å²) in [6, 6.07) is 25.3. The molecular weight excluding hydrogens is 623 g/mol. The molecule has 5 unspecified atom stereocenters. The van der Waals surface area contributed by atoms with Gasteiger partial charge in [-0.15, -0.1) is 0 Å². The van der Waals surface area contributed by atoms with Crippen LogP contribution in [0, 0.1) is 11.8 Å². The molecule has 0 aromatic heterocycles. The smallest absolute Gasteiger partial charge is 0.413 e. The van der Waals surface area contributed by atoms with Crippen LogP contribution in [0.3, 0.4) is 0 Å². The number of hydrogen-bond acceptors (Lipinski definition) is 9. The lowest BCUT2D eigenvalue weighted by molar-refractivity contribution is -0.169. The van der Waals surface area contributed by atoms with Gasteiger partial charge in [0.15, 0.2) is 0 Å². The van der Waals surface area contributed by atoms with E-state index in [-0.39, 0.29) is 13.0 Å². The van der Waals surface area contributed by atoms with Crippen molar-refractivity contribution < 1.29 is 43.4 Å². The van der Waals surface area contributed by atoms with E-state index in [1.807, 2.05) is 72.8 Å². The highest BCUT2D eigenvalue weighted by Crippen LogP contribution is 2.24. The number of hydrogen-bond donors (Lipinski definition) is 3. The first-order chi connectivity index (χ1) is 22.5. The number of benzene rings is 3. The van der Waals surface area contributed by atoms with E-state index in [1.165, 1.54) is 19.6 Å². The Hall–Kier alpha value is -4.57. The molecule has 250 valence electrons. The van der Waals surface area contributed by atoms with Crippen LogP contribution in [0.25, 0.3) is 11.1 Å². The van der Waals surface area contributed by atoms with Gasteiger partial charge in [0, 0.05) is 6.92 Å². The first-order valence-electron chi connectivity index (χ1n) is 15.2. The van der Waals surface area contributed by atoms with E-state index in [0.29, 0.717) is 0 Å². The number of carbonyl (C=O) groups excluding carboxylic acids is 4. The highest BCUT2D eigenvalue weighted by molar-refractivity contribution is 7.50. The first kappa shape index (κ1) is 36.9. The Bertz CT molecular complexity index is 1500. The molecular formula is C35H41N2O9P. The van der Waals surface area contributed by atoms with Crippen molar-refractivity contribution in [3.05, 3.63) is 96.1 Å². The Morgan fingerprint density at radius 3 is 1.98 bits per heavy atom. The van der Waals surface area contributed by atoms with E-state index in [2.05, 4.69) is 10.6 Å². The number of esters is 2. The van der Waals surface area contributed by atoms with Gasteiger partial charge in [-0.3, -0.25) is 14.9 Å². The zero-order chi connectivity index (χ0) is 34.3. The quantitative estimate of drug-likeness (QED) is 0.124. The minimum atomic E-state index is -2.54. The molecule has 0 radical (unpaired) electrons. The van der Waals surface area contributed by atoms with Crippen molar-refractivity contribution in [2.45, 2.75) is 58.8 Å². The molecule has 5 atom stereocenters. The fourth-order valence-corrected chi connectivity index (χ4v) is 5.48. The Morgan fingerprint density at radius 1 is 0.787 bits per heavy atom. The van der Waals surface area contributed by atoms with Crippen molar-refractivity contribution in [2.75, 3.05) is 6.61 Å². The van der Waals surface area contributed by atoms with Crippen LogP contribution in [0.15, 0.2) is 84.9 Å².